The van der Waals surface area contributed by atoms with Crippen molar-refractivity contribution in [2.75, 3.05) is 0 Å². The van der Waals surface area contributed by atoms with E-state index >= 15 is 0 Å². The van der Waals surface area contributed by atoms with Crippen molar-refractivity contribution < 1.29 is 0 Å². The number of nitrogens with two attached hydrogens (primary N) is 1. The maximum Gasteiger partial charge on any atom is 0.0992 e. The molecule has 0 amide bonds. The monoisotopic (exact) mass is 299 g/mol. The predicted octanol–water partition coefficient (Wildman–Crippen LogP) is 4.91. The summed E-state index contributed by atoms with van der Waals surface area (Å²) in [6, 6.07) is 8.17. The van der Waals surface area contributed by atoms with Crippen molar-refractivity contribution in [3.05, 3.63) is 55.2 Å². The van der Waals surface area contributed by atoms with Gasteiger partial charge in [-0.25, -0.2) is 0 Å². The number of hydrogen-bond donors (Lipinski definition) is 1. The Morgan fingerprint density at radius 3 is 2.56 bits per heavy atom. The highest BCUT2D eigenvalue weighted by molar-refractivity contribution is 7.20. The Kier molecular flexibility index (Phi) is 4.33. The standard InChI is InChI=1S/C14H15Cl2NS/c1-8-3-4-9(2)10(5-8)6-12(17)11-7-13(15)18-14(11)16/h3-5,7,12H,6,17H2,1-2H3. The lowest BCUT2D eigenvalue weighted by Gasteiger charge is -2.13. The fourth-order valence-electron chi connectivity index (χ4n) is 1.97. The maximum absolute atomic E-state index is 6.22. The maximum atomic E-state index is 6.22. The normalized spacial score (nSPS) is 12.7. The van der Waals surface area contributed by atoms with Crippen LogP contribution in [0.5, 0.6) is 0 Å². The van der Waals surface area contributed by atoms with Gasteiger partial charge in [0.2, 0.25) is 0 Å². The summed E-state index contributed by atoms with van der Waals surface area (Å²) in [5, 5.41) is 0. The summed E-state index contributed by atoms with van der Waals surface area (Å²) >= 11 is 13.4. The molecular weight excluding hydrogens is 285 g/mol. The van der Waals surface area contributed by atoms with Gasteiger partial charge in [-0.2, -0.15) is 0 Å². The van der Waals surface area contributed by atoms with E-state index in [1.807, 2.05) is 6.07 Å². The Bertz CT molecular complexity index is 563. The molecule has 0 aliphatic carbocycles. The van der Waals surface area contributed by atoms with E-state index in [2.05, 4.69) is 32.0 Å². The SMILES string of the molecule is Cc1ccc(C)c(CC(N)c2cc(Cl)sc2Cl)c1. The number of thiophene rings is 1. The number of rotatable bonds is 3. The highest BCUT2D eigenvalue weighted by atomic mass is 35.5. The Hall–Kier alpha value is -0.540. The molecule has 0 saturated heterocycles. The molecule has 4 heteroatoms. The molecule has 1 atom stereocenters. The zero-order chi connectivity index (χ0) is 13.3. The number of hydrogen-bond acceptors (Lipinski definition) is 2. The van der Waals surface area contributed by atoms with Gasteiger partial charge >= 0.3 is 0 Å². The van der Waals surface area contributed by atoms with Gasteiger partial charge in [-0.3, -0.25) is 0 Å². The molecule has 0 bridgehead atoms. The van der Waals surface area contributed by atoms with Crippen molar-refractivity contribution in [2.24, 2.45) is 5.73 Å². The molecule has 2 N–H and O–H groups in total. The van der Waals surface area contributed by atoms with Crippen molar-refractivity contribution in [3.63, 3.8) is 0 Å². The van der Waals surface area contributed by atoms with Crippen molar-refractivity contribution in [3.8, 4) is 0 Å². The molecule has 0 saturated carbocycles. The number of halogens is 2. The van der Waals surface area contributed by atoms with Crippen LogP contribution in [-0.4, -0.2) is 0 Å². The van der Waals surface area contributed by atoms with Gasteiger partial charge in [0.05, 0.1) is 8.67 Å². The smallest absolute Gasteiger partial charge is 0.0992 e. The topological polar surface area (TPSA) is 26.0 Å². The summed E-state index contributed by atoms with van der Waals surface area (Å²) in [4.78, 5) is 0. The molecule has 0 radical (unpaired) electrons. The van der Waals surface area contributed by atoms with Crippen LogP contribution in [0.3, 0.4) is 0 Å². The summed E-state index contributed by atoms with van der Waals surface area (Å²) in [5.74, 6) is 0. The Morgan fingerprint density at radius 2 is 1.94 bits per heavy atom. The lowest BCUT2D eigenvalue weighted by molar-refractivity contribution is 0.721. The minimum atomic E-state index is -0.109. The summed E-state index contributed by atoms with van der Waals surface area (Å²) in [6.45, 7) is 4.19. The molecule has 96 valence electrons. The van der Waals surface area contributed by atoms with E-state index in [0.29, 0.717) is 8.67 Å². The van der Waals surface area contributed by atoms with E-state index in [1.165, 1.54) is 28.0 Å². The zero-order valence-electron chi connectivity index (χ0n) is 10.3. The van der Waals surface area contributed by atoms with Gasteiger partial charge in [-0.1, -0.05) is 47.0 Å². The van der Waals surface area contributed by atoms with E-state index in [1.54, 1.807) is 0 Å². The first-order valence-electron chi connectivity index (χ1n) is 5.74. The molecule has 0 aliphatic heterocycles. The number of benzene rings is 1. The zero-order valence-corrected chi connectivity index (χ0v) is 12.7. The summed E-state index contributed by atoms with van der Waals surface area (Å²) in [6.07, 6.45) is 0.778. The fourth-order valence-corrected chi connectivity index (χ4v) is 3.57. The molecule has 0 spiro atoms. The second kappa shape index (κ2) is 5.62. The summed E-state index contributed by atoms with van der Waals surface area (Å²) in [5.41, 5.74) is 10.9. The largest absolute Gasteiger partial charge is 0.324 e. The molecule has 1 aromatic carbocycles. The minimum absolute atomic E-state index is 0.109. The highest BCUT2D eigenvalue weighted by Crippen LogP contribution is 2.35. The van der Waals surface area contributed by atoms with Crippen LogP contribution in [0.15, 0.2) is 24.3 Å². The van der Waals surface area contributed by atoms with Crippen LogP contribution in [0.25, 0.3) is 0 Å². The van der Waals surface area contributed by atoms with Crippen LogP contribution in [0.1, 0.15) is 28.3 Å². The molecule has 0 aliphatic rings. The van der Waals surface area contributed by atoms with Crippen LogP contribution in [0, 0.1) is 13.8 Å². The Balaban J connectivity index is 2.23. The average molecular weight is 300 g/mol. The van der Waals surface area contributed by atoms with Gasteiger partial charge in [0.15, 0.2) is 0 Å². The molecule has 1 nitrogen and oxygen atoms in total. The van der Waals surface area contributed by atoms with Crippen LogP contribution < -0.4 is 5.73 Å². The predicted molar refractivity (Wildman–Crippen MR) is 80.9 cm³/mol. The molecule has 2 aromatic rings. The van der Waals surface area contributed by atoms with Crippen LogP contribution in [0.4, 0.5) is 0 Å². The second-order valence-electron chi connectivity index (χ2n) is 4.52. The van der Waals surface area contributed by atoms with E-state index < -0.39 is 0 Å². The van der Waals surface area contributed by atoms with E-state index in [0.717, 1.165) is 12.0 Å². The van der Waals surface area contributed by atoms with Gasteiger partial charge < -0.3 is 5.73 Å². The summed E-state index contributed by atoms with van der Waals surface area (Å²) in [7, 11) is 0. The van der Waals surface area contributed by atoms with Crippen molar-refractivity contribution in [1.29, 1.82) is 0 Å². The molecule has 0 fully saturated rings. The van der Waals surface area contributed by atoms with Gasteiger partial charge in [-0.05, 0) is 37.5 Å². The quantitative estimate of drug-likeness (QED) is 0.856. The van der Waals surface area contributed by atoms with Crippen molar-refractivity contribution >= 4 is 34.5 Å². The third-order valence-corrected chi connectivity index (χ3v) is 4.54. The molecular formula is C14H15Cl2NS. The third kappa shape index (κ3) is 3.07. The minimum Gasteiger partial charge on any atom is -0.324 e. The molecule has 1 heterocycles. The molecule has 1 unspecified atom stereocenters. The van der Waals surface area contributed by atoms with E-state index in [9.17, 15) is 0 Å². The van der Waals surface area contributed by atoms with Crippen LogP contribution in [0.2, 0.25) is 8.67 Å². The third-order valence-electron chi connectivity index (χ3n) is 3.03. The fraction of sp³-hybridized carbons (Fsp3) is 0.286. The highest BCUT2D eigenvalue weighted by Gasteiger charge is 2.15. The molecule has 2 rings (SSSR count). The van der Waals surface area contributed by atoms with Gasteiger partial charge in [0, 0.05) is 11.6 Å². The second-order valence-corrected chi connectivity index (χ2v) is 6.81. The lowest BCUT2D eigenvalue weighted by Crippen LogP contribution is -2.13. The Labute approximate surface area is 122 Å². The first-order valence-corrected chi connectivity index (χ1v) is 7.31. The van der Waals surface area contributed by atoms with Gasteiger partial charge in [0.25, 0.3) is 0 Å². The van der Waals surface area contributed by atoms with E-state index in [-0.39, 0.29) is 6.04 Å². The number of aryl methyl sites for hydroxylation is 2. The van der Waals surface area contributed by atoms with Crippen LogP contribution in [-0.2, 0) is 6.42 Å². The van der Waals surface area contributed by atoms with Crippen LogP contribution >= 0.6 is 34.5 Å². The first kappa shape index (κ1) is 13.9. The van der Waals surface area contributed by atoms with E-state index in [4.69, 9.17) is 28.9 Å². The summed E-state index contributed by atoms with van der Waals surface area (Å²) < 4.78 is 1.38. The average Bonchev–Trinajstić information content (AvgIpc) is 2.63. The molecule has 1 aromatic heterocycles. The van der Waals surface area contributed by atoms with Crippen molar-refractivity contribution in [1.82, 2.24) is 0 Å². The lowest BCUT2D eigenvalue weighted by atomic mass is 9.97. The Morgan fingerprint density at radius 1 is 1.22 bits per heavy atom. The van der Waals surface area contributed by atoms with Gasteiger partial charge in [-0.15, -0.1) is 11.3 Å². The van der Waals surface area contributed by atoms with Crippen molar-refractivity contribution in [2.45, 2.75) is 26.3 Å². The first-order chi connectivity index (χ1) is 8.47. The molecule has 18 heavy (non-hydrogen) atoms. The van der Waals surface area contributed by atoms with Gasteiger partial charge in [0.1, 0.15) is 0 Å².